The molecule has 0 atom stereocenters. The van der Waals surface area contributed by atoms with Gasteiger partial charge in [0, 0.05) is 23.7 Å². The molecule has 9 heteroatoms. The van der Waals surface area contributed by atoms with Crippen LogP contribution in [-0.2, 0) is 11.3 Å². The minimum atomic E-state index is -0.313. The van der Waals surface area contributed by atoms with Gasteiger partial charge in [0.15, 0.2) is 11.0 Å². The first-order chi connectivity index (χ1) is 13.6. The molecule has 1 aromatic heterocycles. The van der Waals surface area contributed by atoms with E-state index in [9.17, 15) is 15.0 Å². The number of phenols is 2. The summed E-state index contributed by atoms with van der Waals surface area (Å²) in [5, 5.41) is 31.8. The first-order valence-electron chi connectivity index (χ1n) is 8.53. The van der Waals surface area contributed by atoms with Crippen molar-refractivity contribution in [2.75, 3.05) is 5.75 Å². The lowest BCUT2D eigenvalue weighted by atomic mass is 10.2. The zero-order valence-corrected chi connectivity index (χ0v) is 15.9. The van der Waals surface area contributed by atoms with Gasteiger partial charge in [-0.05, 0) is 19.1 Å². The lowest BCUT2D eigenvalue weighted by Crippen LogP contribution is -2.20. The molecule has 0 aliphatic heterocycles. The van der Waals surface area contributed by atoms with Gasteiger partial charge in [-0.25, -0.2) is 5.43 Å². The molecule has 0 unspecified atom stereocenters. The van der Waals surface area contributed by atoms with Gasteiger partial charge in [0.1, 0.15) is 11.5 Å². The second-order valence-corrected chi connectivity index (χ2v) is 6.68. The van der Waals surface area contributed by atoms with Gasteiger partial charge in [-0.1, -0.05) is 42.1 Å². The summed E-state index contributed by atoms with van der Waals surface area (Å²) in [6.07, 6.45) is 1.30. The van der Waals surface area contributed by atoms with Crippen molar-refractivity contribution in [3.63, 3.8) is 0 Å². The third kappa shape index (κ3) is 4.68. The second kappa shape index (κ2) is 9.05. The molecule has 2 aromatic carbocycles. The molecule has 3 aromatic rings. The Labute approximate surface area is 165 Å². The Morgan fingerprint density at radius 1 is 1.21 bits per heavy atom. The summed E-state index contributed by atoms with van der Waals surface area (Å²) in [4.78, 5) is 12.0. The minimum absolute atomic E-state index is 0.0509. The number of hydrogen-bond acceptors (Lipinski definition) is 7. The van der Waals surface area contributed by atoms with Gasteiger partial charge in [-0.2, -0.15) is 5.10 Å². The molecule has 144 valence electrons. The van der Waals surface area contributed by atoms with Crippen LogP contribution >= 0.6 is 11.8 Å². The largest absolute Gasteiger partial charge is 0.508 e. The molecular weight excluding hydrogens is 378 g/mol. The molecule has 3 rings (SSSR count). The van der Waals surface area contributed by atoms with Crippen molar-refractivity contribution < 1.29 is 15.0 Å². The fourth-order valence-electron chi connectivity index (χ4n) is 2.46. The average molecular weight is 397 g/mol. The van der Waals surface area contributed by atoms with Gasteiger partial charge in [-0.3, -0.25) is 4.79 Å². The SMILES string of the molecule is CCn1c(SCC(=O)NN=Cc2ccc(O)cc2O)nnc1-c1ccccc1. The number of carbonyl (C=O) groups is 1. The van der Waals surface area contributed by atoms with E-state index in [0.717, 1.165) is 11.4 Å². The lowest BCUT2D eigenvalue weighted by molar-refractivity contribution is -0.118. The van der Waals surface area contributed by atoms with Crippen molar-refractivity contribution in [2.45, 2.75) is 18.6 Å². The van der Waals surface area contributed by atoms with Crippen LogP contribution in [0.1, 0.15) is 12.5 Å². The van der Waals surface area contributed by atoms with Crippen LogP contribution in [0.5, 0.6) is 11.5 Å². The van der Waals surface area contributed by atoms with E-state index >= 15 is 0 Å². The number of aromatic nitrogens is 3. The summed E-state index contributed by atoms with van der Waals surface area (Å²) in [5.74, 6) is 0.381. The number of hydrogen-bond donors (Lipinski definition) is 3. The highest BCUT2D eigenvalue weighted by atomic mass is 32.2. The first-order valence-corrected chi connectivity index (χ1v) is 9.52. The molecule has 1 amide bonds. The Hall–Kier alpha value is -3.33. The number of rotatable bonds is 7. The number of nitrogens with one attached hydrogen (secondary N) is 1. The van der Waals surface area contributed by atoms with Crippen LogP contribution in [-0.4, -0.2) is 42.9 Å². The van der Waals surface area contributed by atoms with Gasteiger partial charge in [0.05, 0.1) is 12.0 Å². The maximum absolute atomic E-state index is 12.0. The van der Waals surface area contributed by atoms with Gasteiger partial charge in [0.25, 0.3) is 5.91 Å². The topological polar surface area (TPSA) is 113 Å². The fourth-order valence-corrected chi connectivity index (χ4v) is 3.25. The Morgan fingerprint density at radius 2 is 2.00 bits per heavy atom. The number of hydrazone groups is 1. The fraction of sp³-hybridized carbons (Fsp3) is 0.158. The monoisotopic (exact) mass is 397 g/mol. The van der Waals surface area contributed by atoms with Crippen LogP contribution in [0.4, 0.5) is 0 Å². The Morgan fingerprint density at radius 3 is 2.71 bits per heavy atom. The number of carbonyl (C=O) groups excluding carboxylic acids is 1. The van der Waals surface area contributed by atoms with E-state index in [1.807, 2.05) is 41.8 Å². The van der Waals surface area contributed by atoms with Crippen molar-refractivity contribution in [1.29, 1.82) is 0 Å². The van der Waals surface area contributed by atoms with Crippen molar-refractivity contribution in [3.05, 3.63) is 54.1 Å². The Bertz CT molecular complexity index is 988. The predicted molar refractivity (Wildman–Crippen MR) is 107 cm³/mol. The Balaban J connectivity index is 1.59. The summed E-state index contributed by atoms with van der Waals surface area (Å²) in [6.45, 7) is 2.67. The molecule has 0 radical (unpaired) electrons. The predicted octanol–water partition coefficient (Wildman–Crippen LogP) is 2.62. The molecule has 0 spiro atoms. The van der Waals surface area contributed by atoms with Gasteiger partial charge in [0.2, 0.25) is 0 Å². The molecule has 8 nitrogen and oxygen atoms in total. The van der Waals surface area contributed by atoms with Crippen molar-refractivity contribution in [3.8, 4) is 22.9 Å². The lowest BCUT2D eigenvalue weighted by Gasteiger charge is -2.06. The highest BCUT2D eigenvalue weighted by molar-refractivity contribution is 7.99. The van der Waals surface area contributed by atoms with Crippen LogP contribution in [0.15, 0.2) is 58.8 Å². The number of amides is 1. The average Bonchev–Trinajstić information content (AvgIpc) is 3.11. The van der Waals surface area contributed by atoms with E-state index in [0.29, 0.717) is 17.3 Å². The molecular formula is C19H19N5O3S. The van der Waals surface area contributed by atoms with Crippen molar-refractivity contribution in [2.24, 2.45) is 5.10 Å². The maximum Gasteiger partial charge on any atom is 0.250 e. The first kappa shape index (κ1) is 19.4. The van der Waals surface area contributed by atoms with Gasteiger partial charge >= 0.3 is 0 Å². The summed E-state index contributed by atoms with van der Waals surface area (Å²) < 4.78 is 1.95. The van der Waals surface area contributed by atoms with Crippen LogP contribution in [0, 0.1) is 0 Å². The minimum Gasteiger partial charge on any atom is -0.508 e. The van der Waals surface area contributed by atoms with Crippen molar-refractivity contribution in [1.82, 2.24) is 20.2 Å². The molecule has 0 aliphatic rings. The molecule has 0 saturated heterocycles. The molecule has 28 heavy (non-hydrogen) atoms. The van der Waals surface area contributed by atoms with E-state index < -0.39 is 0 Å². The highest BCUT2D eigenvalue weighted by Crippen LogP contribution is 2.23. The van der Waals surface area contributed by atoms with E-state index in [-0.39, 0.29) is 23.2 Å². The standard InChI is InChI=1S/C19H19N5O3S/c1-2-24-18(13-6-4-3-5-7-13)22-23-19(24)28-12-17(27)21-20-11-14-8-9-15(25)10-16(14)26/h3-11,25-26H,2,12H2,1H3,(H,21,27). The molecule has 0 fully saturated rings. The summed E-state index contributed by atoms with van der Waals surface area (Å²) in [6, 6.07) is 13.8. The Kier molecular flexibility index (Phi) is 6.28. The highest BCUT2D eigenvalue weighted by Gasteiger charge is 2.14. The second-order valence-electron chi connectivity index (χ2n) is 5.74. The zero-order chi connectivity index (χ0) is 19.9. The zero-order valence-electron chi connectivity index (χ0n) is 15.1. The number of thioether (sulfide) groups is 1. The molecule has 3 N–H and O–H groups in total. The molecule has 1 heterocycles. The maximum atomic E-state index is 12.0. The van der Waals surface area contributed by atoms with E-state index in [1.54, 1.807) is 0 Å². The number of benzene rings is 2. The molecule has 0 saturated carbocycles. The molecule has 0 bridgehead atoms. The number of aromatic hydroxyl groups is 2. The van der Waals surface area contributed by atoms with Crippen molar-refractivity contribution >= 4 is 23.9 Å². The quantitative estimate of drug-likeness (QED) is 0.321. The van der Waals surface area contributed by atoms with Gasteiger partial charge in [-0.15, -0.1) is 10.2 Å². The van der Waals surface area contributed by atoms with Crippen LogP contribution in [0.25, 0.3) is 11.4 Å². The van der Waals surface area contributed by atoms with Gasteiger partial charge < -0.3 is 14.8 Å². The van der Waals surface area contributed by atoms with E-state index in [4.69, 9.17) is 0 Å². The summed E-state index contributed by atoms with van der Waals surface area (Å²) in [5.41, 5.74) is 3.74. The summed E-state index contributed by atoms with van der Waals surface area (Å²) >= 11 is 1.27. The number of nitrogens with zero attached hydrogens (tertiary/aromatic N) is 4. The third-order valence-electron chi connectivity index (χ3n) is 3.80. The molecule has 0 aliphatic carbocycles. The van der Waals surface area contributed by atoms with E-state index in [1.165, 1.54) is 36.2 Å². The number of phenolic OH excluding ortho intramolecular Hbond substituents is 2. The summed E-state index contributed by atoms with van der Waals surface area (Å²) in [7, 11) is 0. The third-order valence-corrected chi connectivity index (χ3v) is 4.77. The van der Waals surface area contributed by atoms with Crippen LogP contribution in [0.2, 0.25) is 0 Å². The van der Waals surface area contributed by atoms with E-state index in [2.05, 4.69) is 20.7 Å². The van der Waals surface area contributed by atoms with Crippen LogP contribution < -0.4 is 5.43 Å². The normalized spacial score (nSPS) is 11.0. The smallest absolute Gasteiger partial charge is 0.250 e. The van der Waals surface area contributed by atoms with Crippen LogP contribution in [0.3, 0.4) is 0 Å².